The number of hydrogen-bond acceptors (Lipinski definition) is 15. The number of aromatic carboxylic acids is 1. The quantitative estimate of drug-likeness (QED) is 0.00811. The summed E-state index contributed by atoms with van der Waals surface area (Å²) in [4.78, 5) is 97.1. The zero-order chi connectivity index (χ0) is 56.9. The number of nitrogens with one attached hydrogen (secondary N) is 5. The van der Waals surface area contributed by atoms with E-state index in [1.165, 1.54) is 30.3 Å². The number of furan rings is 2. The van der Waals surface area contributed by atoms with Crippen molar-refractivity contribution in [3.8, 4) is 34.1 Å². The van der Waals surface area contributed by atoms with E-state index in [4.69, 9.17) is 24.0 Å². The van der Waals surface area contributed by atoms with Crippen molar-refractivity contribution in [3.63, 3.8) is 0 Å². The first-order valence-electron chi connectivity index (χ1n) is 26.0. The number of carbonyl (C=O) groups is 8. The second-order valence-corrected chi connectivity index (χ2v) is 17.6. The Hall–Kier alpha value is -7.76. The minimum Gasteiger partial charge on any atom is -0.494 e. The van der Waals surface area contributed by atoms with Crippen molar-refractivity contribution >= 4 is 48.3 Å². The van der Waals surface area contributed by atoms with Gasteiger partial charge in [0.15, 0.2) is 11.5 Å². The molecule has 23 heteroatoms. The van der Waals surface area contributed by atoms with Gasteiger partial charge in [-0.3, -0.25) is 44.0 Å². The van der Waals surface area contributed by atoms with Crippen molar-refractivity contribution in [1.82, 2.24) is 36.7 Å². The molecule has 0 aliphatic heterocycles. The first kappa shape index (κ1) is 63.5. The molecule has 7 amide bonds. The van der Waals surface area contributed by atoms with E-state index in [2.05, 4.69) is 26.6 Å². The molecule has 2 heterocycles. The Kier molecular flexibility index (Phi) is 28.1. The maximum Gasteiger partial charge on any atom is 0.335 e. The summed E-state index contributed by atoms with van der Waals surface area (Å²) in [6.45, 7) is 12.2. The van der Waals surface area contributed by atoms with Crippen LogP contribution in [0.1, 0.15) is 148 Å². The van der Waals surface area contributed by atoms with Gasteiger partial charge < -0.3 is 55.7 Å². The molecule has 0 aliphatic rings. The highest BCUT2D eigenvalue weighted by atomic mass is 16.5. The molecule has 23 nitrogen and oxygen atoms in total. The fraction of sp³-hybridized carbons (Fsp3) is 0.481. The lowest BCUT2D eigenvalue weighted by Gasteiger charge is -2.29. The number of nitrogens with zero attached hydrogens (tertiary/aromatic N) is 2. The molecular weight excluding hydrogens is 1000 g/mol. The summed E-state index contributed by atoms with van der Waals surface area (Å²) in [5.74, 6) is -3.19. The van der Waals surface area contributed by atoms with Gasteiger partial charge in [-0.25, -0.2) is 14.9 Å². The molecule has 4 aromatic rings. The molecule has 2 unspecified atom stereocenters. The Morgan fingerprint density at radius 1 is 0.584 bits per heavy atom. The van der Waals surface area contributed by atoms with Gasteiger partial charge in [-0.2, -0.15) is 0 Å². The predicted molar refractivity (Wildman–Crippen MR) is 283 cm³/mol. The van der Waals surface area contributed by atoms with E-state index in [1.54, 1.807) is 51.1 Å². The summed E-state index contributed by atoms with van der Waals surface area (Å²) < 4.78 is 22.4. The maximum absolute atomic E-state index is 12.9. The predicted octanol–water partition coefficient (Wildman–Crippen LogP) is 6.33. The molecule has 77 heavy (non-hydrogen) atoms. The second kappa shape index (κ2) is 34.0. The van der Waals surface area contributed by atoms with Crippen LogP contribution < -0.4 is 41.8 Å². The Labute approximate surface area is 448 Å². The summed E-state index contributed by atoms with van der Waals surface area (Å²) in [5, 5.41) is 43.4. The van der Waals surface area contributed by atoms with Crippen molar-refractivity contribution < 1.29 is 72.2 Å². The fourth-order valence-electron chi connectivity index (χ4n) is 8.31. The van der Waals surface area contributed by atoms with Gasteiger partial charge in [0.05, 0.1) is 56.0 Å². The van der Waals surface area contributed by atoms with E-state index in [0.717, 1.165) is 38.5 Å². The summed E-state index contributed by atoms with van der Waals surface area (Å²) in [6.07, 6.45) is 7.59. The van der Waals surface area contributed by atoms with Gasteiger partial charge in [0.2, 0.25) is 24.6 Å². The number of nitrogens with two attached hydrogens (primary N) is 1. The summed E-state index contributed by atoms with van der Waals surface area (Å²) in [6, 6.07) is 14.1. The highest BCUT2D eigenvalue weighted by molar-refractivity contribution is 5.96. The summed E-state index contributed by atoms with van der Waals surface area (Å²) in [5.41, 5.74) is 6.82. The van der Waals surface area contributed by atoms with Gasteiger partial charge >= 0.3 is 5.97 Å². The minimum absolute atomic E-state index is 0.00798. The molecule has 0 saturated carbocycles. The van der Waals surface area contributed by atoms with Crippen molar-refractivity contribution in [2.45, 2.75) is 118 Å². The Morgan fingerprint density at radius 3 is 1.39 bits per heavy atom. The van der Waals surface area contributed by atoms with E-state index in [0.29, 0.717) is 102 Å². The SMILES string of the molecule is CCCCCC(C(=O)NCNC(=O)c1ccc(-c2cc(OCC)cc(C(=O)NCCN)c2)o1)[C@@H](CC)N(O)C=O.CCCCCC(C(=O)NCNC(=O)c1ccc(-c2cc(OCC)cc(C(=O)O)c2)o1)[C@@H](CC)N(O)C=O. The number of carbonyl (C=O) groups excluding carboxylic acids is 7. The second-order valence-electron chi connectivity index (χ2n) is 17.6. The van der Waals surface area contributed by atoms with Crippen LogP contribution in [0.3, 0.4) is 0 Å². The smallest absolute Gasteiger partial charge is 0.335 e. The maximum atomic E-state index is 12.9. The van der Waals surface area contributed by atoms with Gasteiger partial charge in [0, 0.05) is 29.8 Å². The standard InChI is InChI=1S/C28H41N5O7.C26H35N3O8/c1-4-7-8-9-22(23(5-2)33(38)18-34)27(36)31-17-32-28(37)25-11-10-24(40-25)19-14-20(26(35)30-13-12-29)16-21(15-19)39-6-3;1-4-7-8-9-20(21(5-2)29(35)16-30)24(31)27-15-28-25(32)23-11-10-22(37-23)17-12-18(26(33)34)14-19(13-17)36-6-3/h10-11,14-16,18,22-23,38H,4-9,12-13,17,29H2,1-3H3,(H,30,35)(H,31,36)(H,32,37);10-14,16,20-21,35H,4-9,15H2,1-3H3,(H,27,31)(H,28,32)(H,33,34)/t22?,23-;20?,21-/m11/s1. The zero-order valence-corrected chi connectivity index (χ0v) is 44.8. The number of carboxylic acids is 1. The van der Waals surface area contributed by atoms with Crippen LogP contribution in [0.5, 0.6) is 11.5 Å². The minimum atomic E-state index is -1.13. The molecule has 4 atom stereocenters. The normalized spacial score (nSPS) is 12.3. The van der Waals surface area contributed by atoms with Crippen molar-refractivity contribution in [2.24, 2.45) is 17.6 Å². The van der Waals surface area contributed by atoms with E-state index < -0.39 is 47.6 Å². The van der Waals surface area contributed by atoms with Crippen LogP contribution in [-0.2, 0) is 19.2 Å². The van der Waals surface area contributed by atoms with E-state index in [9.17, 15) is 53.9 Å². The number of hydroxylamine groups is 4. The van der Waals surface area contributed by atoms with Crippen molar-refractivity contribution in [1.29, 1.82) is 0 Å². The number of amides is 7. The van der Waals surface area contributed by atoms with Crippen LogP contribution in [0.15, 0.2) is 69.5 Å². The fourth-order valence-corrected chi connectivity index (χ4v) is 8.31. The molecule has 0 radical (unpaired) electrons. The number of hydrogen-bond donors (Lipinski definition) is 9. The van der Waals surface area contributed by atoms with Crippen LogP contribution in [0, 0.1) is 11.8 Å². The summed E-state index contributed by atoms with van der Waals surface area (Å²) >= 11 is 0. The van der Waals surface area contributed by atoms with E-state index >= 15 is 0 Å². The molecule has 2 aromatic heterocycles. The van der Waals surface area contributed by atoms with Gasteiger partial charge in [-0.1, -0.05) is 66.2 Å². The van der Waals surface area contributed by atoms with Gasteiger partial charge in [-0.05, 0) is 100 Å². The average molecular weight is 1080 g/mol. The third-order valence-corrected chi connectivity index (χ3v) is 12.2. The van der Waals surface area contributed by atoms with Crippen LogP contribution in [0.4, 0.5) is 0 Å². The van der Waals surface area contributed by atoms with Crippen molar-refractivity contribution in [2.75, 3.05) is 39.6 Å². The topological polar surface area (TPSA) is 335 Å². The average Bonchev–Trinajstić information content (AvgIpc) is 4.15. The number of benzene rings is 2. The molecule has 0 bridgehead atoms. The molecule has 10 N–H and O–H groups in total. The highest BCUT2D eigenvalue weighted by Gasteiger charge is 2.32. The molecule has 4 rings (SSSR count). The van der Waals surface area contributed by atoms with Gasteiger partial charge in [-0.15, -0.1) is 0 Å². The Morgan fingerprint density at radius 2 is 1.01 bits per heavy atom. The summed E-state index contributed by atoms with van der Waals surface area (Å²) in [7, 11) is 0. The lowest BCUT2D eigenvalue weighted by atomic mass is 9.90. The van der Waals surface area contributed by atoms with Gasteiger partial charge in [0.1, 0.15) is 23.0 Å². The highest BCUT2D eigenvalue weighted by Crippen LogP contribution is 2.30. The number of ether oxygens (including phenoxy) is 2. The van der Waals surface area contributed by atoms with Gasteiger partial charge in [0.25, 0.3) is 17.7 Å². The lowest BCUT2D eigenvalue weighted by molar-refractivity contribution is -0.169. The first-order valence-corrected chi connectivity index (χ1v) is 26.0. The number of carboxylic acid groups (broad SMARTS) is 1. The Bertz CT molecular complexity index is 2530. The zero-order valence-electron chi connectivity index (χ0n) is 44.8. The third kappa shape index (κ3) is 20.0. The van der Waals surface area contributed by atoms with Crippen molar-refractivity contribution in [3.05, 3.63) is 83.3 Å². The molecule has 0 spiro atoms. The number of unbranched alkanes of at least 4 members (excludes halogenated alkanes) is 4. The monoisotopic (exact) mass is 1080 g/mol. The van der Waals surface area contributed by atoms with Crippen LogP contribution >= 0.6 is 0 Å². The lowest BCUT2D eigenvalue weighted by Crippen LogP contribution is -2.47. The van der Waals surface area contributed by atoms with Crippen LogP contribution in [0.2, 0.25) is 0 Å². The molecule has 2 aromatic carbocycles. The third-order valence-electron chi connectivity index (χ3n) is 12.2. The van der Waals surface area contributed by atoms with E-state index in [1.807, 2.05) is 20.8 Å². The first-order chi connectivity index (χ1) is 37.0. The molecule has 0 saturated heterocycles. The number of rotatable bonds is 34. The molecule has 422 valence electrons. The van der Waals surface area contributed by atoms with Crippen LogP contribution in [0.25, 0.3) is 22.6 Å². The largest absolute Gasteiger partial charge is 0.494 e. The molecular formula is C54H76N8O15. The van der Waals surface area contributed by atoms with E-state index in [-0.39, 0.29) is 54.4 Å². The van der Waals surface area contributed by atoms with Crippen LogP contribution in [-0.4, -0.2) is 126 Å². The molecule has 0 fully saturated rings. The Balaban J connectivity index is 0.000000406. The molecule has 0 aliphatic carbocycles.